The molecule has 1 atom stereocenters. The highest BCUT2D eigenvalue weighted by Gasteiger charge is 2.49. The first-order valence-corrected chi connectivity index (χ1v) is 11.4. The van der Waals surface area contributed by atoms with E-state index >= 15 is 0 Å². The fourth-order valence-corrected chi connectivity index (χ4v) is 4.81. The van der Waals surface area contributed by atoms with Gasteiger partial charge < -0.3 is 24.3 Å². The molecule has 0 saturated carbocycles. The number of nitrogens with one attached hydrogen (secondary N) is 1. The molecule has 3 amide bonds. The number of para-hydroxylation sites is 1. The summed E-state index contributed by atoms with van der Waals surface area (Å²) < 4.78 is 12.9. The number of benzene rings is 2. The van der Waals surface area contributed by atoms with Crippen molar-refractivity contribution in [2.45, 2.75) is 19.1 Å². The number of carbonyl (C=O) groups is 3. The number of hydrogen-bond donors (Lipinski definition) is 1. The summed E-state index contributed by atoms with van der Waals surface area (Å²) in [7, 11) is 2.99. The molecule has 2 aliphatic heterocycles. The van der Waals surface area contributed by atoms with E-state index < -0.39 is 6.17 Å². The number of hydrogen-bond acceptors (Lipinski definition) is 5. The average Bonchev–Trinajstić information content (AvgIpc) is 3.50. The van der Waals surface area contributed by atoms with Crippen molar-refractivity contribution in [3.63, 3.8) is 0 Å². The maximum absolute atomic E-state index is 13.7. The zero-order chi connectivity index (χ0) is 24.5. The van der Waals surface area contributed by atoms with Gasteiger partial charge in [-0.3, -0.25) is 19.3 Å². The van der Waals surface area contributed by atoms with Crippen LogP contribution in [0.1, 0.15) is 38.9 Å². The van der Waals surface area contributed by atoms with E-state index in [2.05, 4.69) is 5.32 Å². The second-order valence-corrected chi connectivity index (χ2v) is 8.35. The largest absolute Gasteiger partial charge is 0.493 e. The van der Waals surface area contributed by atoms with Crippen LogP contribution < -0.4 is 19.7 Å². The number of carbonyl (C=O) groups excluding carboxylic acids is 3. The van der Waals surface area contributed by atoms with Gasteiger partial charge >= 0.3 is 0 Å². The number of anilines is 1. The summed E-state index contributed by atoms with van der Waals surface area (Å²) >= 11 is 0. The van der Waals surface area contributed by atoms with Crippen LogP contribution in [-0.4, -0.2) is 54.5 Å². The fraction of sp³-hybridized carbons (Fsp3) is 0.269. The number of aromatic nitrogens is 1. The first-order valence-electron chi connectivity index (χ1n) is 11.4. The van der Waals surface area contributed by atoms with E-state index in [-0.39, 0.29) is 30.7 Å². The van der Waals surface area contributed by atoms with E-state index in [0.717, 1.165) is 0 Å². The van der Waals surface area contributed by atoms with Crippen molar-refractivity contribution in [1.82, 2.24) is 14.8 Å². The van der Waals surface area contributed by atoms with Gasteiger partial charge in [-0.15, -0.1) is 0 Å². The smallest absolute Gasteiger partial charge is 0.264 e. The molecular formula is C26H26N4O5. The molecule has 2 aromatic carbocycles. The maximum atomic E-state index is 13.7. The van der Waals surface area contributed by atoms with E-state index in [1.165, 1.54) is 14.2 Å². The van der Waals surface area contributed by atoms with Crippen LogP contribution >= 0.6 is 0 Å². The molecule has 1 N–H and O–H groups in total. The Morgan fingerprint density at radius 3 is 2.46 bits per heavy atom. The molecule has 0 unspecified atom stereocenters. The Morgan fingerprint density at radius 2 is 1.71 bits per heavy atom. The van der Waals surface area contributed by atoms with Gasteiger partial charge in [-0.05, 0) is 30.3 Å². The molecule has 5 rings (SSSR count). The Kier molecular flexibility index (Phi) is 5.90. The summed E-state index contributed by atoms with van der Waals surface area (Å²) in [5.74, 6) is 0.108. The molecule has 180 valence electrons. The molecule has 0 spiro atoms. The zero-order valence-electron chi connectivity index (χ0n) is 19.6. The third-order valence-electron chi connectivity index (χ3n) is 6.42. The van der Waals surface area contributed by atoms with Crippen molar-refractivity contribution >= 4 is 23.4 Å². The second kappa shape index (κ2) is 9.17. The van der Waals surface area contributed by atoms with Crippen LogP contribution in [0.25, 0.3) is 0 Å². The molecule has 3 aromatic rings. The van der Waals surface area contributed by atoms with Crippen molar-refractivity contribution in [2.75, 3.05) is 32.2 Å². The van der Waals surface area contributed by atoms with Crippen LogP contribution in [0.3, 0.4) is 0 Å². The fourth-order valence-electron chi connectivity index (χ4n) is 4.81. The minimum Gasteiger partial charge on any atom is -0.493 e. The summed E-state index contributed by atoms with van der Waals surface area (Å²) in [6.45, 7) is 1.30. The number of amides is 3. The molecule has 9 heteroatoms. The van der Waals surface area contributed by atoms with Gasteiger partial charge in [-0.1, -0.05) is 18.2 Å². The molecule has 9 nitrogen and oxygen atoms in total. The van der Waals surface area contributed by atoms with Crippen molar-refractivity contribution in [3.8, 4) is 11.5 Å². The molecule has 35 heavy (non-hydrogen) atoms. The molecule has 3 heterocycles. The van der Waals surface area contributed by atoms with Gasteiger partial charge in [0.1, 0.15) is 6.17 Å². The second-order valence-electron chi connectivity index (χ2n) is 8.35. The number of fused-ring (bicyclic) bond motifs is 5. The minimum absolute atomic E-state index is 0.112. The SMILES string of the molecule is COc1ccc2c(c1OC)C(=O)N1c3ccccc3C(=O)N(CCC(=O)NCCn3cccc3)[C@@H]21. The topological polar surface area (TPSA) is 93.1 Å². The van der Waals surface area contributed by atoms with Gasteiger partial charge in [0, 0.05) is 44.0 Å². The third kappa shape index (κ3) is 3.78. The zero-order valence-corrected chi connectivity index (χ0v) is 19.6. The number of nitrogens with zero attached hydrogens (tertiary/aromatic N) is 3. The standard InChI is InChI=1S/C26H26N4O5/c1-34-20-10-9-18-22(23(20)35-2)26(33)30-19-8-4-3-7-17(19)25(32)29(24(18)30)15-11-21(31)27-12-16-28-13-5-6-14-28/h3-10,13-14,24H,11-12,15-16H2,1-2H3,(H,27,31)/t24-/m1/s1. The summed E-state index contributed by atoms with van der Waals surface area (Å²) in [4.78, 5) is 43.0. The van der Waals surface area contributed by atoms with Gasteiger partial charge in [0.05, 0.1) is 31.0 Å². The van der Waals surface area contributed by atoms with Crippen molar-refractivity contribution in [2.24, 2.45) is 0 Å². The van der Waals surface area contributed by atoms with Crippen LogP contribution in [0, 0.1) is 0 Å². The third-order valence-corrected chi connectivity index (χ3v) is 6.42. The van der Waals surface area contributed by atoms with Crippen LogP contribution in [0.2, 0.25) is 0 Å². The van der Waals surface area contributed by atoms with E-state index in [9.17, 15) is 14.4 Å². The average molecular weight is 475 g/mol. The van der Waals surface area contributed by atoms with Crippen LogP contribution in [0.5, 0.6) is 11.5 Å². The summed E-state index contributed by atoms with van der Waals surface area (Å²) in [5.41, 5.74) is 1.96. The van der Waals surface area contributed by atoms with Crippen LogP contribution in [-0.2, 0) is 11.3 Å². The van der Waals surface area contributed by atoms with Gasteiger partial charge in [0.25, 0.3) is 11.8 Å². The highest BCUT2D eigenvalue weighted by Crippen LogP contribution is 2.49. The van der Waals surface area contributed by atoms with Gasteiger partial charge in [-0.25, -0.2) is 0 Å². The lowest BCUT2D eigenvalue weighted by atomic mass is 10.0. The lowest BCUT2D eigenvalue weighted by molar-refractivity contribution is -0.121. The summed E-state index contributed by atoms with van der Waals surface area (Å²) in [6, 6.07) is 14.4. The molecule has 0 saturated heterocycles. The van der Waals surface area contributed by atoms with Gasteiger partial charge in [0.2, 0.25) is 5.91 Å². The molecule has 0 bridgehead atoms. The van der Waals surface area contributed by atoms with E-state index in [4.69, 9.17) is 9.47 Å². The predicted octanol–water partition coefficient (Wildman–Crippen LogP) is 2.83. The number of rotatable bonds is 8. The summed E-state index contributed by atoms with van der Waals surface area (Å²) in [6.07, 6.45) is 3.30. The van der Waals surface area contributed by atoms with Crippen LogP contribution in [0.15, 0.2) is 60.9 Å². The quantitative estimate of drug-likeness (QED) is 0.542. The Balaban J connectivity index is 1.43. The van der Waals surface area contributed by atoms with Crippen molar-refractivity contribution in [1.29, 1.82) is 0 Å². The monoisotopic (exact) mass is 474 g/mol. The lowest BCUT2D eigenvalue weighted by Gasteiger charge is -2.40. The summed E-state index contributed by atoms with van der Waals surface area (Å²) in [5, 5.41) is 2.90. The molecule has 0 aliphatic carbocycles. The van der Waals surface area contributed by atoms with Crippen molar-refractivity contribution in [3.05, 3.63) is 77.6 Å². The Morgan fingerprint density at radius 1 is 0.943 bits per heavy atom. The predicted molar refractivity (Wildman–Crippen MR) is 129 cm³/mol. The molecular weight excluding hydrogens is 448 g/mol. The maximum Gasteiger partial charge on any atom is 0.264 e. The lowest BCUT2D eigenvalue weighted by Crippen LogP contribution is -2.49. The van der Waals surface area contributed by atoms with E-state index in [0.29, 0.717) is 47.0 Å². The molecule has 0 fully saturated rings. The molecule has 0 radical (unpaired) electrons. The normalized spacial score (nSPS) is 16.0. The number of methoxy groups -OCH3 is 2. The first kappa shape index (κ1) is 22.5. The van der Waals surface area contributed by atoms with Crippen molar-refractivity contribution < 1.29 is 23.9 Å². The minimum atomic E-state index is -0.674. The van der Waals surface area contributed by atoms with Crippen LogP contribution in [0.4, 0.5) is 5.69 Å². The van der Waals surface area contributed by atoms with E-state index in [1.54, 1.807) is 46.2 Å². The Hall–Kier alpha value is -4.27. The highest BCUT2D eigenvalue weighted by atomic mass is 16.5. The first-order chi connectivity index (χ1) is 17.0. The Bertz CT molecular complexity index is 1290. The number of ether oxygens (including phenoxy) is 2. The molecule has 1 aromatic heterocycles. The Labute approximate surface area is 202 Å². The van der Waals surface area contributed by atoms with E-state index in [1.807, 2.05) is 29.1 Å². The van der Waals surface area contributed by atoms with Gasteiger partial charge in [-0.2, -0.15) is 0 Å². The molecule has 2 aliphatic rings. The van der Waals surface area contributed by atoms with Gasteiger partial charge in [0.15, 0.2) is 11.5 Å². The highest BCUT2D eigenvalue weighted by molar-refractivity contribution is 6.18.